The molecule has 0 aliphatic carbocycles. The molecule has 3 nitrogen and oxygen atoms in total. The van der Waals surface area contributed by atoms with Gasteiger partial charge in [0, 0.05) is 0 Å². The van der Waals surface area contributed by atoms with Gasteiger partial charge in [-0.3, -0.25) is 0 Å². The maximum absolute atomic E-state index is 5.29. The van der Waals surface area contributed by atoms with Gasteiger partial charge >= 0.3 is 0 Å². The Labute approximate surface area is 62.0 Å². The van der Waals surface area contributed by atoms with Crippen LogP contribution in [-0.4, -0.2) is 14.6 Å². The van der Waals surface area contributed by atoms with Crippen molar-refractivity contribution in [3.63, 3.8) is 0 Å². The van der Waals surface area contributed by atoms with Crippen LogP contribution in [0.1, 0.15) is 10.6 Å². The fraction of sp³-hybridized carbons (Fsp3) is 0.250. The van der Waals surface area contributed by atoms with E-state index in [9.17, 15) is 0 Å². The standard InChI is InChI=1S/C4H5N3S2/c1-2-3(4(5)8)6-7-9-2/h1H3,(H2,5,8). The van der Waals surface area contributed by atoms with Crippen molar-refractivity contribution >= 4 is 28.7 Å². The quantitative estimate of drug-likeness (QED) is 0.606. The van der Waals surface area contributed by atoms with E-state index in [2.05, 4.69) is 21.8 Å². The van der Waals surface area contributed by atoms with Crippen molar-refractivity contribution < 1.29 is 0 Å². The minimum atomic E-state index is 0.321. The topological polar surface area (TPSA) is 51.8 Å². The van der Waals surface area contributed by atoms with Crippen LogP contribution in [0, 0.1) is 6.92 Å². The van der Waals surface area contributed by atoms with Crippen molar-refractivity contribution in [2.75, 3.05) is 0 Å². The molecule has 1 aromatic heterocycles. The first kappa shape index (κ1) is 6.57. The minimum absolute atomic E-state index is 0.321. The highest BCUT2D eigenvalue weighted by Gasteiger charge is 2.03. The number of nitrogens with two attached hydrogens (primary N) is 1. The Morgan fingerprint density at radius 2 is 2.44 bits per heavy atom. The molecule has 0 atom stereocenters. The van der Waals surface area contributed by atoms with E-state index in [1.807, 2.05) is 6.92 Å². The molecule has 0 amide bonds. The molecule has 9 heavy (non-hydrogen) atoms. The summed E-state index contributed by atoms with van der Waals surface area (Å²) in [6.07, 6.45) is 0. The molecular weight excluding hydrogens is 154 g/mol. The first-order chi connectivity index (χ1) is 4.22. The second-order valence-corrected chi connectivity index (χ2v) is 2.94. The minimum Gasteiger partial charge on any atom is -0.388 e. The Morgan fingerprint density at radius 1 is 1.78 bits per heavy atom. The molecule has 1 aromatic rings. The highest BCUT2D eigenvalue weighted by Crippen LogP contribution is 2.06. The summed E-state index contributed by atoms with van der Waals surface area (Å²) in [5.41, 5.74) is 5.94. The Kier molecular flexibility index (Phi) is 1.73. The Hall–Kier alpha value is -0.550. The van der Waals surface area contributed by atoms with Crippen molar-refractivity contribution in [2.24, 2.45) is 5.73 Å². The first-order valence-electron chi connectivity index (χ1n) is 2.30. The van der Waals surface area contributed by atoms with Gasteiger partial charge in [-0.15, -0.1) is 5.10 Å². The molecule has 0 fully saturated rings. The fourth-order valence-electron chi connectivity index (χ4n) is 0.459. The molecule has 5 heteroatoms. The van der Waals surface area contributed by atoms with Gasteiger partial charge in [0.1, 0.15) is 10.7 Å². The largest absolute Gasteiger partial charge is 0.388 e. The van der Waals surface area contributed by atoms with Gasteiger partial charge in [0.15, 0.2) is 0 Å². The second-order valence-electron chi connectivity index (χ2n) is 1.54. The highest BCUT2D eigenvalue weighted by molar-refractivity contribution is 7.80. The molecule has 0 spiro atoms. The molecule has 0 bridgehead atoms. The third-order valence-corrected chi connectivity index (χ3v) is 1.71. The summed E-state index contributed by atoms with van der Waals surface area (Å²) in [4.78, 5) is 1.30. The van der Waals surface area contributed by atoms with Gasteiger partial charge in [-0.05, 0) is 18.5 Å². The molecule has 0 unspecified atom stereocenters. The second kappa shape index (κ2) is 2.36. The lowest BCUT2D eigenvalue weighted by Gasteiger charge is -1.87. The molecule has 0 aliphatic heterocycles. The summed E-state index contributed by atoms with van der Waals surface area (Å²) in [5.74, 6) is 0. The molecule has 2 N–H and O–H groups in total. The molecule has 0 radical (unpaired) electrons. The summed E-state index contributed by atoms with van der Waals surface area (Å²) >= 11 is 5.99. The molecule has 1 heterocycles. The summed E-state index contributed by atoms with van der Waals surface area (Å²) in [5, 5.41) is 3.72. The van der Waals surface area contributed by atoms with Crippen LogP contribution in [0.4, 0.5) is 0 Å². The van der Waals surface area contributed by atoms with E-state index >= 15 is 0 Å². The van der Waals surface area contributed by atoms with Gasteiger partial charge in [0.2, 0.25) is 0 Å². The van der Waals surface area contributed by atoms with Gasteiger partial charge < -0.3 is 5.73 Å². The SMILES string of the molecule is Cc1snnc1C(N)=S. The molecule has 48 valence electrons. The lowest BCUT2D eigenvalue weighted by atomic mass is 10.4. The number of hydrogen-bond acceptors (Lipinski definition) is 4. The van der Waals surface area contributed by atoms with Gasteiger partial charge in [-0.1, -0.05) is 16.7 Å². The van der Waals surface area contributed by atoms with Crippen molar-refractivity contribution in [3.8, 4) is 0 Å². The van der Waals surface area contributed by atoms with Gasteiger partial charge in [-0.25, -0.2) is 0 Å². The first-order valence-corrected chi connectivity index (χ1v) is 3.48. The number of nitrogens with zero attached hydrogens (tertiary/aromatic N) is 2. The number of aromatic nitrogens is 2. The summed E-state index contributed by atoms with van der Waals surface area (Å²) in [6.45, 7) is 1.89. The maximum Gasteiger partial charge on any atom is 0.135 e. The molecule has 0 saturated carbocycles. The van der Waals surface area contributed by atoms with Crippen LogP contribution in [-0.2, 0) is 0 Å². The van der Waals surface area contributed by atoms with Gasteiger partial charge in [0.05, 0.1) is 4.88 Å². The summed E-state index contributed by atoms with van der Waals surface area (Å²) in [7, 11) is 0. The number of aryl methyl sites for hydroxylation is 1. The van der Waals surface area contributed by atoms with E-state index < -0.39 is 0 Å². The monoisotopic (exact) mass is 159 g/mol. The molecule has 0 aliphatic rings. The van der Waals surface area contributed by atoms with Crippen LogP contribution < -0.4 is 5.73 Å². The lowest BCUT2D eigenvalue weighted by Crippen LogP contribution is -2.10. The van der Waals surface area contributed by atoms with Crippen molar-refractivity contribution in [1.29, 1.82) is 0 Å². The van der Waals surface area contributed by atoms with E-state index in [1.165, 1.54) is 11.5 Å². The number of rotatable bonds is 1. The third kappa shape index (κ3) is 1.22. The van der Waals surface area contributed by atoms with Crippen LogP contribution in [0.15, 0.2) is 0 Å². The third-order valence-electron chi connectivity index (χ3n) is 0.885. The number of thiocarbonyl (C=S) groups is 1. The fourth-order valence-corrected chi connectivity index (χ4v) is 1.20. The Balaban J connectivity index is 3.08. The summed E-state index contributed by atoms with van der Waals surface area (Å²) in [6, 6.07) is 0. The van der Waals surface area contributed by atoms with E-state index in [0.29, 0.717) is 10.7 Å². The van der Waals surface area contributed by atoms with Crippen LogP contribution in [0.5, 0.6) is 0 Å². The smallest absolute Gasteiger partial charge is 0.135 e. The van der Waals surface area contributed by atoms with Crippen LogP contribution in [0.3, 0.4) is 0 Å². The summed E-state index contributed by atoms with van der Waals surface area (Å²) < 4.78 is 3.67. The average Bonchev–Trinajstić information content (AvgIpc) is 2.13. The zero-order chi connectivity index (χ0) is 6.85. The number of hydrogen-bond donors (Lipinski definition) is 1. The van der Waals surface area contributed by atoms with E-state index in [-0.39, 0.29) is 0 Å². The maximum atomic E-state index is 5.29. The predicted octanol–water partition coefficient (Wildman–Crippen LogP) is 0.481. The zero-order valence-corrected chi connectivity index (χ0v) is 6.42. The van der Waals surface area contributed by atoms with Crippen LogP contribution >= 0.6 is 23.8 Å². The van der Waals surface area contributed by atoms with Crippen LogP contribution in [0.2, 0.25) is 0 Å². The molecule has 1 rings (SSSR count). The zero-order valence-electron chi connectivity index (χ0n) is 4.79. The average molecular weight is 159 g/mol. The lowest BCUT2D eigenvalue weighted by molar-refractivity contribution is 1.13. The Morgan fingerprint density at radius 3 is 2.67 bits per heavy atom. The van der Waals surface area contributed by atoms with Crippen molar-refractivity contribution in [2.45, 2.75) is 6.92 Å². The molecular formula is C4H5N3S2. The van der Waals surface area contributed by atoms with Gasteiger partial charge in [-0.2, -0.15) is 0 Å². The molecule has 0 aromatic carbocycles. The van der Waals surface area contributed by atoms with Crippen molar-refractivity contribution in [3.05, 3.63) is 10.6 Å². The van der Waals surface area contributed by atoms with Crippen molar-refractivity contribution in [1.82, 2.24) is 9.59 Å². The van der Waals surface area contributed by atoms with E-state index in [0.717, 1.165) is 4.88 Å². The predicted molar refractivity (Wildman–Crippen MR) is 40.5 cm³/mol. The van der Waals surface area contributed by atoms with E-state index in [1.54, 1.807) is 0 Å². The van der Waals surface area contributed by atoms with Gasteiger partial charge in [0.25, 0.3) is 0 Å². The Bertz CT molecular complexity index is 229. The van der Waals surface area contributed by atoms with Crippen LogP contribution in [0.25, 0.3) is 0 Å². The highest BCUT2D eigenvalue weighted by atomic mass is 32.1. The van der Waals surface area contributed by atoms with E-state index in [4.69, 9.17) is 5.73 Å². The molecule has 0 saturated heterocycles. The normalized spacial score (nSPS) is 9.44.